The van der Waals surface area contributed by atoms with Gasteiger partial charge in [0.1, 0.15) is 0 Å². The smallest absolute Gasteiger partial charge is 0.0252 e. The third kappa shape index (κ3) is 2.15. The molecular formula is C15H28N2. The van der Waals surface area contributed by atoms with Crippen LogP contribution in [-0.2, 0) is 0 Å². The molecule has 0 spiro atoms. The predicted molar refractivity (Wildman–Crippen MR) is 71.8 cm³/mol. The highest BCUT2D eigenvalue weighted by molar-refractivity contribution is 5.00. The van der Waals surface area contributed by atoms with E-state index in [2.05, 4.69) is 18.7 Å². The van der Waals surface area contributed by atoms with Crippen molar-refractivity contribution in [3.05, 3.63) is 0 Å². The molecule has 3 fully saturated rings. The van der Waals surface area contributed by atoms with Crippen LogP contribution in [0.25, 0.3) is 0 Å². The van der Waals surface area contributed by atoms with E-state index >= 15 is 0 Å². The zero-order valence-electron chi connectivity index (χ0n) is 11.4. The highest BCUT2D eigenvalue weighted by atomic mass is 15.2. The summed E-state index contributed by atoms with van der Waals surface area (Å²) >= 11 is 0. The Balaban J connectivity index is 1.68. The van der Waals surface area contributed by atoms with Gasteiger partial charge >= 0.3 is 0 Å². The fraction of sp³-hybridized carbons (Fsp3) is 1.00. The molecule has 2 saturated carbocycles. The first-order chi connectivity index (χ1) is 8.15. The molecule has 1 heterocycles. The van der Waals surface area contributed by atoms with E-state index in [0.717, 1.165) is 23.8 Å². The Morgan fingerprint density at radius 3 is 2.47 bits per heavy atom. The summed E-state index contributed by atoms with van der Waals surface area (Å²) in [6.45, 7) is 6.12. The zero-order valence-corrected chi connectivity index (χ0v) is 11.4. The number of fused-ring (bicyclic) bond motifs is 2. The lowest BCUT2D eigenvalue weighted by Crippen LogP contribution is -2.54. The van der Waals surface area contributed by atoms with E-state index in [0.29, 0.717) is 12.1 Å². The van der Waals surface area contributed by atoms with Crippen LogP contribution in [0, 0.1) is 17.8 Å². The number of nitrogens with zero attached hydrogens (tertiary/aromatic N) is 1. The second-order valence-corrected chi connectivity index (χ2v) is 7.08. The van der Waals surface area contributed by atoms with Crippen LogP contribution in [-0.4, -0.2) is 29.6 Å². The van der Waals surface area contributed by atoms with Gasteiger partial charge in [0.2, 0.25) is 0 Å². The monoisotopic (exact) mass is 236 g/mol. The Kier molecular flexibility index (Phi) is 3.20. The molecule has 2 nitrogen and oxygen atoms in total. The standard InChI is InChI=1S/C15H28N2/c1-10(2)12-4-6-14(16)15(8-12)17-9-11-3-5-13(17)7-11/h10-15H,3-9,16H2,1-2H3. The van der Waals surface area contributed by atoms with Crippen molar-refractivity contribution in [2.75, 3.05) is 6.54 Å². The van der Waals surface area contributed by atoms with Crippen LogP contribution in [0.4, 0.5) is 0 Å². The highest BCUT2D eigenvalue weighted by Gasteiger charge is 2.44. The Hall–Kier alpha value is -0.0800. The summed E-state index contributed by atoms with van der Waals surface area (Å²) in [5.41, 5.74) is 6.41. The SMILES string of the molecule is CC(C)C1CCC(N)C(N2CC3CCC2C3)C1. The van der Waals surface area contributed by atoms with Gasteiger partial charge in [-0.3, -0.25) is 4.90 Å². The molecule has 0 aromatic rings. The molecule has 1 saturated heterocycles. The molecule has 0 amide bonds. The Labute approximate surface area is 106 Å². The van der Waals surface area contributed by atoms with E-state index in [-0.39, 0.29) is 0 Å². The minimum atomic E-state index is 0.448. The van der Waals surface area contributed by atoms with Crippen LogP contribution >= 0.6 is 0 Å². The number of likely N-dealkylation sites (tertiary alicyclic amines) is 1. The molecule has 2 heteroatoms. The first-order valence-electron chi connectivity index (χ1n) is 7.66. The second-order valence-electron chi connectivity index (χ2n) is 7.08. The fourth-order valence-electron chi connectivity index (χ4n) is 4.56. The van der Waals surface area contributed by atoms with Gasteiger partial charge in [0, 0.05) is 24.7 Å². The van der Waals surface area contributed by atoms with Crippen LogP contribution < -0.4 is 5.73 Å². The van der Waals surface area contributed by atoms with Gasteiger partial charge in [-0.05, 0) is 56.3 Å². The summed E-state index contributed by atoms with van der Waals surface area (Å²) < 4.78 is 0. The van der Waals surface area contributed by atoms with Crippen molar-refractivity contribution < 1.29 is 0 Å². The average molecular weight is 236 g/mol. The third-order valence-electron chi connectivity index (χ3n) is 5.73. The molecule has 5 atom stereocenters. The molecule has 2 aliphatic carbocycles. The summed E-state index contributed by atoms with van der Waals surface area (Å²) in [4.78, 5) is 2.80. The summed E-state index contributed by atoms with van der Waals surface area (Å²) in [5.74, 6) is 2.76. The van der Waals surface area contributed by atoms with Gasteiger partial charge in [0.25, 0.3) is 0 Å². The van der Waals surface area contributed by atoms with E-state index in [4.69, 9.17) is 5.73 Å². The number of nitrogens with two attached hydrogens (primary N) is 1. The lowest BCUT2D eigenvalue weighted by molar-refractivity contribution is 0.0715. The summed E-state index contributed by atoms with van der Waals surface area (Å²) in [6.07, 6.45) is 8.37. The van der Waals surface area contributed by atoms with Crippen molar-refractivity contribution in [2.45, 2.75) is 70.5 Å². The lowest BCUT2D eigenvalue weighted by atomic mass is 9.76. The van der Waals surface area contributed by atoms with Gasteiger partial charge in [-0.25, -0.2) is 0 Å². The first kappa shape index (κ1) is 12.0. The van der Waals surface area contributed by atoms with Gasteiger partial charge in [-0.1, -0.05) is 13.8 Å². The van der Waals surface area contributed by atoms with E-state index in [9.17, 15) is 0 Å². The first-order valence-corrected chi connectivity index (χ1v) is 7.66. The largest absolute Gasteiger partial charge is 0.326 e. The van der Waals surface area contributed by atoms with Gasteiger partial charge in [0.15, 0.2) is 0 Å². The minimum absolute atomic E-state index is 0.448. The number of rotatable bonds is 2. The van der Waals surface area contributed by atoms with Crippen molar-refractivity contribution in [2.24, 2.45) is 23.5 Å². The zero-order chi connectivity index (χ0) is 12.0. The molecule has 3 rings (SSSR count). The molecule has 0 radical (unpaired) electrons. The molecule has 0 aromatic carbocycles. The second kappa shape index (κ2) is 4.55. The number of hydrogen-bond donors (Lipinski definition) is 1. The van der Waals surface area contributed by atoms with E-state index < -0.39 is 0 Å². The van der Waals surface area contributed by atoms with E-state index in [1.54, 1.807) is 0 Å². The Morgan fingerprint density at radius 1 is 1.06 bits per heavy atom. The number of hydrogen-bond acceptors (Lipinski definition) is 2. The van der Waals surface area contributed by atoms with Crippen molar-refractivity contribution in [1.29, 1.82) is 0 Å². The van der Waals surface area contributed by atoms with Crippen molar-refractivity contribution in [1.82, 2.24) is 4.90 Å². The van der Waals surface area contributed by atoms with Crippen LogP contribution in [0.3, 0.4) is 0 Å². The Bertz CT molecular complexity index is 276. The minimum Gasteiger partial charge on any atom is -0.326 e. The topological polar surface area (TPSA) is 29.3 Å². The molecule has 0 aromatic heterocycles. The predicted octanol–water partition coefficient (Wildman–Crippen LogP) is 2.62. The average Bonchev–Trinajstić information content (AvgIpc) is 2.91. The molecule has 2 bridgehead atoms. The molecule has 17 heavy (non-hydrogen) atoms. The normalized spacial score (nSPS) is 46.9. The maximum absolute atomic E-state index is 6.41. The Morgan fingerprint density at radius 2 is 1.88 bits per heavy atom. The lowest BCUT2D eigenvalue weighted by Gasteiger charge is -2.44. The van der Waals surface area contributed by atoms with Crippen LogP contribution in [0.5, 0.6) is 0 Å². The third-order valence-corrected chi connectivity index (χ3v) is 5.73. The van der Waals surface area contributed by atoms with Crippen molar-refractivity contribution in [3.63, 3.8) is 0 Å². The highest BCUT2D eigenvalue weighted by Crippen LogP contribution is 2.42. The van der Waals surface area contributed by atoms with Crippen LogP contribution in [0.15, 0.2) is 0 Å². The maximum Gasteiger partial charge on any atom is 0.0252 e. The van der Waals surface area contributed by atoms with Crippen molar-refractivity contribution in [3.8, 4) is 0 Å². The van der Waals surface area contributed by atoms with Crippen LogP contribution in [0.1, 0.15) is 52.4 Å². The molecule has 98 valence electrons. The fourth-order valence-corrected chi connectivity index (χ4v) is 4.56. The quantitative estimate of drug-likeness (QED) is 0.798. The van der Waals surface area contributed by atoms with Gasteiger partial charge in [-0.15, -0.1) is 0 Å². The molecule has 1 aliphatic heterocycles. The maximum atomic E-state index is 6.41. The molecule has 3 aliphatic rings. The van der Waals surface area contributed by atoms with Gasteiger partial charge in [0.05, 0.1) is 0 Å². The van der Waals surface area contributed by atoms with Crippen molar-refractivity contribution >= 4 is 0 Å². The van der Waals surface area contributed by atoms with Gasteiger partial charge in [-0.2, -0.15) is 0 Å². The summed E-state index contributed by atoms with van der Waals surface area (Å²) in [7, 11) is 0. The number of piperidine rings is 1. The van der Waals surface area contributed by atoms with E-state index in [1.165, 1.54) is 45.1 Å². The van der Waals surface area contributed by atoms with Crippen LogP contribution in [0.2, 0.25) is 0 Å². The van der Waals surface area contributed by atoms with Gasteiger partial charge < -0.3 is 5.73 Å². The summed E-state index contributed by atoms with van der Waals surface area (Å²) in [5, 5.41) is 0. The molecule has 5 unspecified atom stereocenters. The molecule has 2 N–H and O–H groups in total. The van der Waals surface area contributed by atoms with E-state index in [1.807, 2.05) is 0 Å². The molecular weight excluding hydrogens is 208 g/mol. The summed E-state index contributed by atoms with van der Waals surface area (Å²) in [6, 6.07) is 2.04.